The molecule has 1 saturated carbocycles. The molecule has 1 amide bonds. The summed E-state index contributed by atoms with van der Waals surface area (Å²) in [5, 5.41) is 2.70. The van der Waals surface area contributed by atoms with Crippen molar-refractivity contribution in [2.75, 3.05) is 5.32 Å². The highest BCUT2D eigenvalue weighted by molar-refractivity contribution is 6.02. The fourth-order valence-electron chi connectivity index (χ4n) is 3.49. The van der Waals surface area contributed by atoms with Gasteiger partial charge in [-0.25, -0.2) is 0 Å². The van der Waals surface area contributed by atoms with Crippen LogP contribution < -0.4 is 5.32 Å². The van der Waals surface area contributed by atoms with E-state index in [4.69, 9.17) is 0 Å². The molecule has 5 heteroatoms. The quantitative estimate of drug-likeness (QED) is 0.860. The van der Waals surface area contributed by atoms with Crippen molar-refractivity contribution < 1.29 is 18.0 Å². The van der Waals surface area contributed by atoms with Crippen LogP contribution in [0.1, 0.15) is 55.6 Å². The van der Waals surface area contributed by atoms with Crippen LogP contribution in [-0.2, 0) is 11.0 Å². The van der Waals surface area contributed by atoms with Gasteiger partial charge < -0.3 is 5.32 Å². The van der Waals surface area contributed by atoms with Crippen LogP contribution in [0.2, 0.25) is 0 Å². The van der Waals surface area contributed by atoms with Gasteiger partial charge in [-0.2, -0.15) is 13.2 Å². The first-order valence-corrected chi connectivity index (χ1v) is 7.47. The van der Waals surface area contributed by atoms with Crippen molar-refractivity contribution >= 4 is 11.6 Å². The molecule has 21 heavy (non-hydrogen) atoms. The molecule has 2 nitrogen and oxygen atoms in total. The number of carbonyl (C=O) groups excluding carboxylic acids is 1. The Morgan fingerprint density at radius 2 is 1.86 bits per heavy atom. The maximum absolute atomic E-state index is 12.8. The lowest BCUT2D eigenvalue weighted by atomic mass is 9.90. The zero-order chi connectivity index (χ0) is 15.0. The predicted octanol–water partition coefficient (Wildman–Crippen LogP) is 4.71. The summed E-state index contributed by atoms with van der Waals surface area (Å²) in [7, 11) is 0. The van der Waals surface area contributed by atoms with E-state index in [-0.39, 0.29) is 5.91 Å². The summed E-state index contributed by atoms with van der Waals surface area (Å²) in [6, 6.07) is 3.52. The van der Waals surface area contributed by atoms with Crippen molar-refractivity contribution in [1.82, 2.24) is 0 Å². The van der Waals surface area contributed by atoms with Crippen LogP contribution in [-0.4, -0.2) is 5.91 Å². The maximum atomic E-state index is 12.8. The van der Waals surface area contributed by atoms with Gasteiger partial charge in [-0.1, -0.05) is 25.7 Å². The number of carbonyl (C=O) groups is 1. The van der Waals surface area contributed by atoms with E-state index < -0.39 is 17.7 Å². The number of hydrogen-bond acceptors (Lipinski definition) is 1. The summed E-state index contributed by atoms with van der Waals surface area (Å²) in [6.07, 6.45) is 2.04. The van der Waals surface area contributed by atoms with Gasteiger partial charge in [-0.05, 0) is 42.5 Å². The van der Waals surface area contributed by atoms with Crippen LogP contribution in [0.5, 0.6) is 0 Å². The molecule has 1 atom stereocenters. The summed E-state index contributed by atoms with van der Waals surface area (Å²) < 4.78 is 38.4. The highest BCUT2D eigenvalue weighted by Crippen LogP contribution is 2.41. The van der Waals surface area contributed by atoms with Gasteiger partial charge in [0.05, 0.1) is 11.5 Å². The van der Waals surface area contributed by atoms with Crippen LogP contribution in [0.3, 0.4) is 0 Å². The van der Waals surface area contributed by atoms with E-state index in [9.17, 15) is 18.0 Å². The highest BCUT2D eigenvalue weighted by Gasteiger charge is 2.36. The van der Waals surface area contributed by atoms with Crippen LogP contribution >= 0.6 is 0 Å². The molecule has 1 aromatic carbocycles. The van der Waals surface area contributed by atoms with E-state index in [0.717, 1.165) is 18.6 Å². The SMILES string of the molecule is O=C1Nc2ccc(C(F)(F)F)cc2C1CCC1CCCC1. The number of nitrogens with one attached hydrogen (secondary N) is 1. The molecule has 114 valence electrons. The van der Waals surface area contributed by atoms with E-state index in [0.29, 0.717) is 23.6 Å². The number of benzene rings is 1. The zero-order valence-electron chi connectivity index (χ0n) is 11.7. The Hall–Kier alpha value is -1.52. The van der Waals surface area contributed by atoms with Crippen LogP contribution in [0.15, 0.2) is 18.2 Å². The van der Waals surface area contributed by atoms with Crippen LogP contribution in [0, 0.1) is 5.92 Å². The molecule has 0 bridgehead atoms. The average molecular weight is 297 g/mol. The number of amides is 1. The van der Waals surface area contributed by atoms with Crippen molar-refractivity contribution in [3.63, 3.8) is 0 Å². The molecule has 1 fully saturated rings. The third-order valence-electron chi connectivity index (χ3n) is 4.67. The van der Waals surface area contributed by atoms with E-state index in [1.165, 1.54) is 31.7 Å². The normalized spacial score (nSPS) is 22.4. The van der Waals surface area contributed by atoms with Crippen molar-refractivity contribution in [1.29, 1.82) is 0 Å². The molecule has 0 aromatic heterocycles. The molecule has 1 heterocycles. The average Bonchev–Trinajstić information content (AvgIpc) is 3.01. The smallest absolute Gasteiger partial charge is 0.325 e. The molecular formula is C16H18F3NO. The van der Waals surface area contributed by atoms with Crippen molar-refractivity contribution in [2.24, 2.45) is 5.92 Å². The lowest BCUT2D eigenvalue weighted by Crippen LogP contribution is -2.13. The van der Waals surface area contributed by atoms with Gasteiger partial charge >= 0.3 is 6.18 Å². The summed E-state index contributed by atoms with van der Waals surface area (Å²) in [4.78, 5) is 12.0. The minimum atomic E-state index is -4.36. The van der Waals surface area contributed by atoms with Crippen molar-refractivity contribution in [3.05, 3.63) is 29.3 Å². The number of fused-ring (bicyclic) bond motifs is 1. The molecule has 1 unspecified atom stereocenters. The number of anilines is 1. The lowest BCUT2D eigenvalue weighted by Gasteiger charge is -2.14. The van der Waals surface area contributed by atoms with Gasteiger partial charge in [0, 0.05) is 5.69 Å². The molecule has 2 aliphatic rings. The summed E-state index contributed by atoms with van der Waals surface area (Å²) in [5.74, 6) is 0.0397. The first-order chi connectivity index (χ1) is 9.95. The molecule has 1 N–H and O–H groups in total. The summed E-state index contributed by atoms with van der Waals surface area (Å²) in [5.41, 5.74) is 0.362. The second-order valence-electron chi connectivity index (χ2n) is 6.07. The third kappa shape index (κ3) is 2.92. The Bertz CT molecular complexity index is 547. The van der Waals surface area contributed by atoms with E-state index in [2.05, 4.69) is 5.32 Å². The van der Waals surface area contributed by atoms with Crippen molar-refractivity contribution in [3.8, 4) is 0 Å². The Balaban J connectivity index is 1.78. The van der Waals surface area contributed by atoms with Crippen LogP contribution in [0.25, 0.3) is 0 Å². The standard InChI is InChI=1S/C16H18F3NO/c17-16(18,19)11-6-8-14-13(9-11)12(15(21)20-14)7-5-10-3-1-2-4-10/h6,8-10,12H,1-5,7H2,(H,20,21). The van der Waals surface area contributed by atoms with Crippen molar-refractivity contribution in [2.45, 2.75) is 50.6 Å². The Morgan fingerprint density at radius 1 is 1.14 bits per heavy atom. The lowest BCUT2D eigenvalue weighted by molar-refractivity contribution is -0.137. The Labute approximate surface area is 121 Å². The zero-order valence-corrected chi connectivity index (χ0v) is 11.7. The monoisotopic (exact) mass is 297 g/mol. The minimum absolute atomic E-state index is 0.165. The first-order valence-electron chi connectivity index (χ1n) is 7.47. The molecule has 0 radical (unpaired) electrons. The minimum Gasteiger partial charge on any atom is -0.325 e. The number of rotatable bonds is 3. The topological polar surface area (TPSA) is 29.1 Å². The second kappa shape index (κ2) is 5.35. The third-order valence-corrected chi connectivity index (χ3v) is 4.67. The van der Waals surface area contributed by atoms with E-state index >= 15 is 0 Å². The number of hydrogen-bond donors (Lipinski definition) is 1. The molecular weight excluding hydrogens is 279 g/mol. The number of halogens is 3. The fraction of sp³-hybridized carbons (Fsp3) is 0.562. The molecule has 0 spiro atoms. The Morgan fingerprint density at radius 3 is 2.52 bits per heavy atom. The fourth-order valence-corrected chi connectivity index (χ4v) is 3.49. The molecule has 1 aromatic rings. The first kappa shape index (κ1) is 14.4. The second-order valence-corrected chi connectivity index (χ2v) is 6.07. The van der Waals surface area contributed by atoms with Gasteiger partial charge in [0.1, 0.15) is 0 Å². The van der Waals surface area contributed by atoms with Gasteiger partial charge in [0.25, 0.3) is 0 Å². The highest BCUT2D eigenvalue weighted by atomic mass is 19.4. The van der Waals surface area contributed by atoms with Gasteiger partial charge in [0.2, 0.25) is 5.91 Å². The van der Waals surface area contributed by atoms with Gasteiger partial charge in [0.15, 0.2) is 0 Å². The summed E-state index contributed by atoms with van der Waals surface area (Å²) >= 11 is 0. The Kier molecular flexibility index (Phi) is 3.68. The number of alkyl halides is 3. The maximum Gasteiger partial charge on any atom is 0.416 e. The largest absolute Gasteiger partial charge is 0.416 e. The van der Waals surface area contributed by atoms with E-state index in [1.54, 1.807) is 0 Å². The predicted molar refractivity (Wildman–Crippen MR) is 74.0 cm³/mol. The van der Waals surface area contributed by atoms with Gasteiger partial charge in [-0.3, -0.25) is 4.79 Å². The molecule has 1 aliphatic heterocycles. The molecule has 1 aliphatic carbocycles. The van der Waals surface area contributed by atoms with E-state index in [1.807, 2.05) is 0 Å². The summed E-state index contributed by atoms with van der Waals surface area (Å²) in [6.45, 7) is 0. The van der Waals surface area contributed by atoms with Gasteiger partial charge in [-0.15, -0.1) is 0 Å². The molecule has 0 saturated heterocycles. The van der Waals surface area contributed by atoms with Crippen LogP contribution in [0.4, 0.5) is 18.9 Å². The molecule has 3 rings (SSSR count).